The molecule has 0 unspecified atom stereocenters. The molecule has 0 saturated carbocycles. The Morgan fingerprint density at radius 3 is 2.75 bits per heavy atom. The van der Waals surface area contributed by atoms with Gasteiger partial charge < -0.3 is 4.74 Å². The van der Waals surface area contributed by atoms with Crippen molar-refractivity contribution in [2.24, 2.45) is 0 Å². The Morgan fingerprint density at radius 2 is 2.00 bits per heavy atom. The SMILES string of the molecule is FC1=CC[CH]C(OCCc2ccccc2)=C1. The van der Waals surface area contributed by atoms with Gasteiger partial charge in [0, 0.05) is 18.9 Å². The van der Waals surface area contributed by atoms with Crippen molar-refractivity contribution in [1.82, 2.24) is 0 Å². The maximum atomic E-state index is 12.9. The summed E-state index contributed by atoms with van der Waals surface area (Å²) in [7, 11) is 0. The molecule has 0 aliphatic heterocycles. The van der Waals surface area contributed by atoms with E-state index in [4.69, 9.17) is 4.74 Å². The van der Waals surface area contributed by atoms with E-state index in [1.165, 1.54) is 17.7 Å². The van der Waals surface area contributed by atoms with Crippen LogP contribution < -0.4 is 0 Å². The highest BCUT2D eigenvalue weighted by Crippen LogP contribution is 2.18. The average molecular weight is 217 g/mol. The van der Waals surface area contributed by atoms with E-state index in [0.29, 0.717) is 18.8 Å². The molecule has 1 aliphatic rings. The summed E-state index contributed by atoms with van der Waals surface area (Å²) in [6, 6.07) is 10.1. The van der Waals surface area contributed by atoms with Gasteiger partial charge in [0.2, 0.25) is 0 Å². The van der Waals surface area contributed by atoms with Crippen molar-refractivity contribution in [3.63, 3.8) is 0 Å². The quantitative estimate of drug-likeness (QED) is 0.748. The van der Waals surface area contributed by atoms with Crippen LogP contribution in [-0.2, 0) is 11.2 Å². The van der Waals surface area contributed by atoms with E-state index >= 15 is 0 Å². The summed E-state index contributed by atoms with van der Waals surface area (Å²) >= 11 is 0. The maximum Gasteiger partial charge on any atom is 0.122 e. The average Bonchev–Trinajstić information content (AvgIpc) is 2.30. The summed E-state index contributed by atoms with van der Waals surface area (Å²) in [5.41, 5.74) is 1.23. The summed E-state index contributed by atoms with van der Waals surface area (Å²) in [5.74, 6) is 0.424. The molecule has 83 valence electrons. The number of halogens is 1. The number of hydrogen-bond donors (Lipinski definition) is 0. The topological polar surface area (TPSA) is 9.23 Å². The van der Waals surface area contributed by atoms with Gasteiger partial charge in [0.05, 0.1) is 6.61 Å². The lowest BCUT2D eigenvalue weighted by Crippen LogP contribution is -2.01. The summed E-state index contributed by atoms with van der Waals surface area (Å²) < 4.78 is 18.4. The first kappa shape index (κ1) is 10.9. The Bertz CT molecular complexity index is 392. The third-order valence-corrected chi connectivity index (χ3v) is 2.41. The van der Waals surface area contributed by atoms with Crippen LogP contribution in [0.25, 0.3) is 0 Å². The Morgan fingerprint density at radius 1 is 1.19 bits per heavy atom. The smallest absolute Gasteiger partial charge is 0.122 e. The molecule has 1 aromatic rings. The van der Waals surface area contributed by atoms with Gasteiger partial charge in [-0.1, -0.05) is 30.3 Å². The molecule has 0 heterocycles. The van der Waals surface area contributed by atoms with Crippen molar-refractivity contribution in [2.45, 2.75) is 12.8 Å². The summed E-state index contributed by atoms with van der Waals surface area (Å²) in [4.78, 5) is 0. The van der Waals surface area contributed by atoms with Crippen molar-refractivity contribution in [3.8, 4) is 0 Å². The molecule has 0 atom stereocenters. The summed E-state index contributed by atoms with van der Waals surface area (Å²) in [6.45, 7) is 0.583. The minimum Gasteiger partial charge on any atom is -0.497 e. The molecule has 0 saturated heterocycles. The normalized spacial score (nSPS) is 15.3. The molecule has 16 heavy (non-hydrogen) atoms. The Labute approximate surface area is 95.2 Å². The van der Waals surface area contributed by atoms with Crippen molar-refractivity contribution >= 4 is 0 Å². The first-order valence-corrected chi connectivity index (χ1v) is 5.42. The van der Waals surface area contributed by atoms with Gasteiger partial charge in [-0.15, -0.1) is 0 Å². The molecule has 0 spiro atoms. The van der Waals surface area contributed by atoms with Gasteiger partial charge in [0.25, 0.3) is 0 Å². The standard InChI is InChI=1S/C14H14FO/c15-13-7-4-8-14(11-13)16-10-9-12-5-2-1-3-6-12/h1-3,5-8,11H,4,9-10H2. The van der Waals surface area contributed by atoms with Gasteiger partial charge in [0.15, 0.2) is 0 Å². The zero-order chi connectivity index (χ0) is 11.2. The predicted molar refractivity (Wildman–Crippen MR) is 62.3 cm³/mol. The largest absolute Gasteiger partial charge is 0.497 e. The molecule has 1 radical (unpaired) electrons. The Balaban J connectivity index is 1.79. The molecule has 0 aromatic heterocycles. The lowest BCUT2D eigenvalue weighted by molar-refractivity contribution is 0.219. The van der Waals surface area contributed by atoms with Crippen LogP contribution in [-0.4, -0.2) is 6.61 Å². The fraction of sp³-hybridized carbons (Fsp3) is 0.214. The molecule has 0 bridgehead atoms. The molecule has 0 N–H and O–H groups in total. The minimum absolute atomic E-state index is 0.211. The monoisotopic (exact) mass is 217 g/mol. The molecular formula is C14H14FO. The van der Waals surface area contributed by atoms with Crippen LogP contribution in [0.5, 0.6) is 0 Å². The fourth-order valence-corrected chi connectivity index (χ4v) is 1.57. The number of rotatable bonds is 4. The third kappa shape index (κ3) is 3.23. The number of allylic oxidation sites excluding steroid dienone is 4. The highest BCUT2D eigenvalue weighted by Gasteiger charge is 2.06. The van der Waals surface area contributed by atoms with Crippen LogP contribution in [0.2, 0.25) is 0 Å². The molecule has 1 aliphatic carbocycles. The van der Waals surface area contributed by atoms with Crippen LogP contribution in [0, 0.1) is 6.42 Å². The van der Waals surface area contributed by atoms with Gasteiger partial charge in [-0.2, -0.15) is 0 Å². The third-order valence-electron chi connectivity index (χ3n) is 2.41. The molecule has 0 amide bonds. The van der Waals surface area contributed by atoms with E-state index in [-0.39, 0.29) is 5.83 Å². The molecular weight excluding hydrogens is 203 g/mol. The van der Waals surface area contributed by atoms with Crippen LogP contribution in [0.3, 0.4) is 0 Å². The highest BCUT2D eigenvalue weighted by molar-refractivity contribution is 5.26. The second-order valence-electron chi connectivity index (χ2n) is 3.66. The minimum atomic E-state index is -0.211. The molecule has 1 nitrogen and oxygen atoms in total. The summed E-state index contributed by atoms with van der Waals surface area (Å²) in [6.07, 6.45) is 6.30. The van der Waals surface area contributed by atoms with Gasteiger partial charge in [0.1, 0.15) is 11.6 Å². The van der Waals surface area contributed by atoms with Crippen LogP contribution in [0.15, 0.2) is 54.1 Å². The van der Waals surface area contributed by atoms with E-state index in [1.54, 1.807) is 0 Å². The van der Waals surface area contributed by atoms with Crippen LogP contribution >= 0.6 is 0 Å². The van der Waals surface area contributed by atoms with E-state index in [9.17, 15) is 4.39 Å². The van der Waals surface area contributed by atoms with Gasteiger partial charge in [-0.25, -0.2) is 4.39 Å². The van der Waals surface area contributed by atoms with Gasteiger partial charge >= 0.3 is 0 Å². The first-order valence-electron chi connectivity index (χ1n) is 5.42. The lowest BCUT2D eigenvalue weighted by atomic mass is 10.1. The fourth-order valence-electron chi connectivity index (χ4n) is 1.57. The summed E-state index contributed by atoms with van der Waals surface area (Å²) in [5, 5.41) is 0. The Kier molecular flexibility index (Phi) is 3.76. The molecule has 1 aromatic carbocycles. The van der Waals surface area contributed by atoms with Crippen molar-refractivity contribution in [3.05, 3.63) is 66.1 Å². The number of hydrogen-bond acceptors (Lipinski definition) is 1. The number of ether oxygens (including phenoxy) is 1. The van der Waals surface area contributed by atoms with E-state index < -0.39 is 0 Å². The van der Waals surface area contributed by atoms with Crippen LogP contribution in [0.1, 0.15) is 12.0 Å². The molecule has 2 rings (SSSR count). The lowest BCUT2D eigenvalue weighted by Gasteiger charge is -2.11. The molecule has 2 heteroatoms. The zero-order valence-electron chi connectivity index (χ0n) is 9.03. The number of benzene rings is 1. The van der Waals surface area contributed by atoms with Gasteiger partial charge in [-0.05, 0) is 18.1 Å². The van der Waals surface area contributed by atoms with Crippen molar-refractivity contribution in [1.29, 1.82) is 0 Å². The zero-order valence-corrected chi connectivity index (χ0v) is 9.03. The van der Waals surface area contributed by atoms with Crippen molar-refractivity contribution in [2.75, 3.05) is 6.61 Å². The second kappa shape index (κ2) is 5.50. The highest BCUT2D eigenvalue weighted by atomic mass is 19.1. The predicted octanol–water partition coefficient (Wildman–Crippen LogP) is 3.59. The first-order chi connectivity index (χ1) is 7.84. The molecule has 0 fully saturated rings. The maximum absolute atomic E-state index is 12.9. The van der Waals surface area contributed by atoms with Crippen molar-refractivity contribution < 1.29 is 9.13 Å². The van der Waals surface area contributed by atoms with E-state index in [1.807, 2.05) is 24.6 Å². The van der Waals surface area contributed by atoms with E-state index in [0.717, 1.165) is 6.42 Å². The van der Waals surface area contributed by atoms with Gasteiger partial charge in [-0.3, -0.25) is 0 Å². The van der Waals surface area contributed by atoms with Crippen LogP contribution in [0.4, 0.5) is 4.39 Å². The second-order valence-corrected chi connectivity index (χ2v) is 3.66. The van der Waals surface area contributed by atoms with E-state index in [2.05, 4.69) is 12.1 Å². The Hall–Kier alpha value is -1.57.